The van der Waals surface area contributed by atoms with Crippen molar-refractivity contribution >= 4 is 120 Å². The quantitative estimate of drug-likeness (QED) is 0.0223. The Morgan fingerprint density at radius 1 is 0.988 bits per heavy atom. The molecule has 0 aliphatic carbocycles. The van der Waals surface area contributed by atoms with Gasteiger partial charge in [0.2, 0.25) is 23.6 Å². The van der Waals surface area contributed by atoms with Gasteiger partial charge in [-0.15, -0.1) is 0 Å². The lowest BCUT2D eigenvalue weighted by Gasteiger charge is -2.42. The molecule has 0 saturated carbocycles. The minimum Gasteiger partial charge on any atom is -0.495 e. The maximum atomic E-state index is 16.2. The van der Waals surface area contributed by atoms with Gasteiger partial charge in [0, 0.05) is 56.3 Å². The van der Waals surface area contributed by atoms with Gasteiger partial charge >= 0.3 is 18.2 Å². The molecule has 3 aliphatic heterocycles. The predicted octanol–water partition coefficient (Wildman–Crippen LogP) is 6.91. The fraction of sp³-hybridized carbons (Fsp3) is 0.571. The van der Waals surface area contributed by atoms with Crippen LogP contribution in [0.2, 0.25) is 10.0 Å². The van der Waals surface area contributed by atoms with E-state index in [0.29, 0.717) is 54.7 Å². The standard InChI is InChI=1S/C56H76Br2Cl2FN9O14/c1-29(2)47(65-34(28-71)14-9-10-17-63-49(73)33(26-57)27-58)51(75)66-37(15-12-18-64-52(62)76)50(74)67-39-22-35(59)38(23-36(39)61)68-53(77)83-44-24-45(72)70(6)40-20-32(21-41(80-7)46(40)60)19-30(3)13-11-16-43(81-8)56(79)25-42(82-54(78)69-56)31(4)48-55(44,5)84-48/h11,13,16,20-23,28-29,31,33-34,37,42-44,47-48,65,79H,9-10,12,14-15,17-19,24-27H2,1-8H3,(H,63,73)(H,66,75)(H,67,74)(H,68,77)(H,69,78)(H3,62,64,76)/b16-11+,30-13+/t31-,34?,37+,42+,43-,44+,47+,48+,55+,56+/m1/s1. The molecule has 2 fully saturated rings. The SMILES string of the molecule is COc1cc2cc(c1Cl)N(C)C(=O)C[C@H](OC(=O)Nc1cc(F)c(NC(=O)[C@H](CCCNC(N)=O)NC(=O)[C@@H](NC(C=O)CCCCNC(=O)C(CBr)CBr)C(C)C)cc1Cl)[C@]1(C)O[C@H]1[C@H](C)[C@@H]1C[C@@](O)(NC(=O)O1)[C@H](OC)/C=C/C=C(\C)C2. The van der Waals surface area contributed by atoms with Gasteiger partial charge < -0.3 is 65.5 Å². The average Bonchev–Trinajstić information content (AvgIpc) is 2.37. The molecule has 4 bridgehead atoms. The second-order valence-electron chi connectivity index (χ2n) is 21.5. The molecular weight excluding hydrogens is 1270 g/mol. The Morgan fingerprint density at radius 3 is 2.33 bits per heavy atom. The third kappa shape index (κ3) is 18.7. The van der Waals surface area contributed by atoms with Crippen LogP contribution < -0.4 is 52.6 Å². The number of nitrogens with two attached hydrogens (primary N) is 1. The van der Waals surface area contributed by atoms with E-state index >= 15 is 4.39 Å². The fourth-order valence-corrected chi connectivity index (χ4v) is 12.1. The number of allylic oxidation sites excluding steroid dienone is 3. The van der Waals surface area contributed by atoms with Crippen LogP contribution in [0.15, 0.2) is 48.1 Å². The van der Waals surface area contributed by atoms with E-state index in [2.05, 4.69) is 69.1 Å². The first kappa shape index (κ1) is 69.2. The number of carbonyl (C=O) groups is 8. The van der Waals surface area contributed by atoms with E-state index in [1.54, 1.807) is 58.1 Å². The van der Waals surface area contributed by atoms with E-state index < -0.39 is 114 Å². The lowest BCUT2D eigenvalue weighted by molar-refractivity contribution is -0.142. The second kappa shape index (κ2) is 31.7. The predicted molar refractivity (Wildman–Crippen MR) is 321 cm³/mol. The lowest BCUT2D eigenvalue weighted by Crippen LogP contribution is -2.63. The Labute approximate surface area is 514 Å². The zero-order valence-corrected chi connectivity index (χ0v) is 52.7. The second-order valence-corrected chi connectivity index (χ2v) is 23.6. The number of primary amides is 1. The Morgan fingerprint density at radius 2 is 1.69 bits per heavy atom. The van der Waals surface area contributed by atoms with E-state index in [-0.39, 0.29) is 70.7 Å². The molecule has 2 aromatic rings. The van der Waals surface area contributed by atoms with Gasteiger partial charge in [0.1, 0.15) is 52.8 Å². The number of carbonyl (C=O) groups excluding carboxylic acids is 8. The van der Waals surface area contributed by atoms with Crippen molar-refractivity contribution in [3.8, 4) is 5.75 Å². The van der Waals surface area contributed by atoms with Gasteiger partial charge in [-0.05, 0) is 82.1 Å². The van der Waals surface area contributed by atoms with Gasteiger partial charge in [-0.3, -0.25) is 35.1 Å². The van der Waals surface area contributed by atoms with E-state index in [4.69, 9.17) is 52.6 Å². The molecule has 3 aliphatic rings. The Balaban J connectivity index is 1.36. The van der Waals surface area contributed by atoms with Crippen LogP contribution in [0.5, 0.6) is 5.75 Å². The normalized spacial score (nSPS) is 24.6. The molecule has 0 radical (unpaired) electrons. The van der Waals surface area contributed by atoms with Crippen LogP contribution in [-0.2, 0) is 49.3 Å². The van der Waals surface area contributed by atoms with Crippen LogP contribution in [0.3, 0.4) is 0 Å². The minimum atomic E-state index is -1.94. The van der Waals surface area contributed by atoms with Crippen molar-refractivity contribution in [2.75, 3.05) is 60.6 Å². The zero-order chi connectivity index (χ0) is 62.2. The number of alkyl halides is 2. The highest BCUT2D eigenvalue weighted by molar-refractivity contribution is 9.09. The number of rotatable bonds is 24. The molecule has 10 atom stereocenters. The van der Waals surface area contributed by atoms with Crippen molar-refractivity contribution in [2.45, 2.75) is 140 Å². The molecule has 10 N–H and O–H groups in total. The summed E-state index contributed by atoms with van der Waals surface area (Å²) in [5.74, 6) is -4.34. The summed E-state index contributed by atoms with van der Waals surface area (Å²) in [5, 5.41) is 31.1. The van der Waals surface area contributed by atoms with Crippen molar-refractivity contribution in [2.24, 2.45) is 23.5 Å². The van der Waals surface area contributed by atoms with E-state index in [9.17, 15) is 43.5 Å². The number of nitrogens with one attached hydrogen (secondary N) is 7. The third-order valence-electron chi connectivity index (χ3n) is 14.8. The number of benzene rings is 2. The Kier molecular flexibility index (Phi) is 26.1. The number of hydrogen-bond donors (Lipinski definition) is 9. The Bertz CT molecular complexity index is 2780. The summed E-state index contributed by atoms with van der Waals surface area (Å²) in [4.78, 5) is 107. The molecule has 2 aromatic carbocycles. The van der Waals surface area contributed by atoms with Gasteiger partial charge in [0.05, 0.1) is 59.7 Å². The number of aliphatic hydroxyl groups is 1. The van der Waals surface area contributed by atoms with Crippen LogP contribution in [-0.4, -0.2) is 152 Å². The number of amides is 8. The number of hydrogen-bond acceptors (Lipinski definition) is 15. The molecule has 5 rings (SSSR count). The van der Waals surface area contributed by atoms with Gasteiger partial charge in [-0.1, -0.05) is 99.6 Å². The number of alkyl carbamates (subject to hydrolysis) is 1. The topological polar surface area (TPSA) is 320 Å². The molecular formula is C56H76Br2Cl2FN9O14. The summed E-state index contributed by atoms with van der Waals surface area (Å²) < 4.78 is 45.3. The number of nitrogens with zero attached hydrogens (tertiary/aromatic N) is 1. The minimum absolute atomic E-state index is 0.0230. The van der Waals surface area contributed by atoms with Crippen LogP contribution in [0, 0.1) is 23.6 Å². The number of ether oxygens (including phenoxy) is 5. The first-order valence-corrected chi connectivity index (χ1v) is 30.3. The van der Waals surface area contributed by atoms with Crippen molar-refractivity contribution in [3.63, 3.8) is 0 Å². The summed E-state index contributed by atoms with van der Waals surface area (Å²) in [7, 11) is 4.30. The van der Waals surface area contributed by atoms with Crippen LogP contribution in [0.25, 0.3) is 0 Å². The highest BCUT2D eigenvalue weighted by Crippen LogP contribution is 2.49. The van der Waals surface area contributed by atoms with Crippen LogP contribution in [0.4, 0.5) is 35.8 Å². The molecule has 3 heterocycles. The van der Waals surface area contributed by atoms with Gasteiger partial charge in [0.25, 0.3) is 0 Å². The smallest absolute Gasteiger partial charge is 0.412 e. The first-order chi connectivity index (χ1) is 39.7. The first-order valence-electron chi connectivity index (χ1n) is 27.3. The largest absolute Gasteiger partial charge is 0.495 e. The summed E-state index contributed by atoms with van der Waals surface area (Å²) >= 11 is 20.1. The maximum absolute atomic E-state index is 16.2. The van der Waals surface area contributed by atoms with Gasteiger partial charge in [0.15, 0.2) is 5.72 Å². The lowest BCUT2D eigenvalue weighted by atomic mass is 9.83. The van der Waals surface area contributed by atoms with E-state index in [1.807, 2.05) is 6.92 Å². The molecule has 8 amide bonds. The van der Waals surface area contributed by atoms with Crippen molar-refractivity contribution in [3.05, 3.63) is 69.5 Å². The van der Waals surface area contributed by atoms with Gasteiger partial charge in [-0.2, -0.15) is 0 Å². The number of anilines is 3. The average molecular weight is 1350 g/mol. The van der Waals surface area contributed by atoms with Crippen molar-refractivity contribution < 1.29 is 71.5 Å². The molecule has 28 heteroatoms. The van der Waals surface area contributed by atoms with Crippen molar-refractivity contribution in [1.82, 2.24) is 26.6 Å². The molecule has 2 saturated heterocycles. The highest BCUT2D eigenvalue weighted by Gasteiger charge is 2.64. The van der Waals surface area contributed by atoms with Crippen molar-refractivity contribution in [1.29, 1.82) is 0 Å². The number of halogens is 5. The molecule has 1 unspecified atom stereocenters. The van der Waals surface area contributed by atoms with E-state index in [1.165, 1.54) is 26.2 Å². The van der Waals surface area contributed by atoms with E-state index in [0.717, 1.165) is 17.7 Å². The summed E-state index contributed by atoms with van der Waals surface area (Å²) in [5.41, 5.74) is 2.95. The number of methoxy groups -OCH3 is 2. The molecule has 0 aromatic heterocycles. The highest BCUT2D eigenvalue weighted by atomic mass is 79.9. The summed E-state index contributed by atoms with van der Waals surface area (Å²) in [6.07, 6.45) is 0.606. The Hall–Kier alpha value is -5.61. The number of aldehydes is 1. The summed E-state index contributed by atoms with van der Waals surface area (Å²) in [6.45, 7) is 9.08. The molecule has 464 valence electrons. The molecule has 0 spiro atoms. The third-order valence-corrected chi connectivity index (χ3v) is 17.1. The summed E-state index contributed by atoms with van der Waals surface area (Å²) in [6, 6.07) is 1.40. The molecule has 23 nitrogen and oxygen atoms in total. The van der Waals surface area contributed by atoms with Crippen LogP contribution in [0.1, 0.15) is 85.1 Å². The molecule has 84 heavy (non-hydrogen) atoms. The number of epoxide rings is 1. The monoisotopic (exact) mass is 1350 g/mol. The number of urea groups is 1. The zero-order valence-electron chi connectivity index (χ0n) is 48.0. The number of fused-ring (bicyclic) bond motifs is 5. The van der Waals surface area contributed by atoms with Gasteiger partial charge in [-0.25, -0.2) is 18.8 Å². The maximum Gasteiger partial charge on any atom is 0.412 e. The van der Waals surface area contributed by atoms with Crippen LogP contribution >= 0.6 is 55.1 Å². The fourth-order valence-electron chi connectivity index (χ4n) is 9.90. The number of unbranched alkanes of at least 4 members (excludes halogenated alkanes) is 1.